The lowest BCUT2D eigenvalue weighted by atomic mass is 10.2. The van der Waals surface area contributed by atoms with Crippen molar-refractivity contribution in [1.82, 2.24) is 14.7 Å². The van der Waals surface area contributed by atoms with Gasteiger partial charge >= 0.3 is 0 Å². The fraction of sp³-hybridized carbons (Fsp3) is 0.286. The predicted molar refractivity (Wildman–Crippen MR) is 67.3 cm³/mol. The van der Waals surface area contributed by atoms with Gasteiger partial charge in [0.25, 0.3) is 0 Å². The van der Waals surface area contributed by atoms with Crippen LogP contribution in [0.2, 0.25) is 0 Å². The molecular weight excluding hydrogens is 245 g/mol. The van der Waals surface area contributed by atoms with Crippen molar-refractivity contribution in [2.24, 2.45) is 0 Å². The minimum atomic E-state index is -0.221. The maximum absolute atomic E-state index is 13.1. The molecule has 19 heavy (non-hydrogen) atoms. The molecule has 1 saturated carbocycles. The number of hydrogen-bond donors (Lipinski definition) is 0. The average Bonchev–Trinajstić information content (AvgIpc) is 3.03. The Balaban J connectivity index is 1.66. The first-order valence-electron chi connectivity index (χ1n) is 6.36. The molecule has 4 nitrogen and oxygen atoms in total. The maximum Gasteiger partial charge on any atom is 0.229 e. The van der Waals surface area contributed by atoms with Crippen LogP contribution < -0.4 is 0 Å². The van der Waals surface area contributed by atoms with Gasteiger partial charge in [-0.3, -0.25) is 0 Å². The van der Waals surface area contributed by atoms with Crippen LogP contribution >= 0.6 is 0 Å². The van der Waals surface area contributed by atoms with Crippen LogP contribution in [0.3, 0.4) is 0 Å². The van der Waals surface area contributed by atoms with Crippen molar-refractivity contribution in [2.45, 2.75) is 25.3 Å². The maximum atomic E-state index is 13.1. The van der Waals surface area contributed by atoms with Gasteiger partial charge in [-0.05, 0) is 37.1 Å². The van der Waals surface area contributed by atoms with Gasteiger partial charge in [0.05, 0.1) is 6.54 Å². The number of rotatable bonds is 3. The highest BCUT2D eigenvalue weighted by Crippen LogP contribution is 2.38. The minimum absolute atomic E-state index is 0.221. The lowest BCUT2D eigenvalue weighted by Gasteiger charge is -2.01. The summed E-state index contributed by atoms with van der Waals surface area (Å²) in [5, 5.41) is 4.88. The fourth-order valence-electron chi connectivity index (χ4n) is 2.29. The topological polar surface area (TPSA) is 43.9 Å². The number of aromatic nitrogens is 3. The van der Waals surface area contributed by atoms with E-state index in [1.807, 2.05) is 16.8 Å². The first kappa shape index (κ1) is 10.7. The summed E-state index contributed by atoms with van der Waals surface area (Å²) in [5.74, 6) is 1.67. The molecule has 0 amide bonds. The molecule has 0 spiro atoms. The van der Waals surface area contributed by atoms with Crippen LogP contribution in [0.15, 0.2) is 35.0 Å². The van der Waals surface area contributed by atoms with Gasteiger partial charge in [0.1, 0.15) is 5.82 Å². The smallest absolute Gasteiger partial charge is 0.229 e. The zero-order valence-corrected chi connectivity index (χ0v) is 10.2. The summed E-state index contributed by atoms with van der Waals surface area (Å²) >= 11 is 0. The normalized spacial score (nSPS) is 15.2. The third kappa shape index (κ3) is 1.91. The molecule has 0 atom stereocenters. The molecule has 2 heterocycles. The Bertz CT molecular complexity index is 742. The molecular formula is C14H12FN3O. The third-order valence-corrected chi connectivity index (χ3v) is 3.46. The predicted octanol–water partition coefficient (Wildman–Crippen LogP) is 3.09. The summed E-state index contributed by atoms with van der Waals surface area (Å²) in [5.41, 5.74) is 0.971. The van der Waals surface area contributed by atoms with E-state index in [9.17, 15) is 4.39 Å². The van der Waals surface area contributed by atoms with Crippen molar-refractivity contribution in [3.8, 4) is 0 Å². The standard InChI is InChI=1S/C14H12FN3O/c15-11-3-4-12-10(7-11)5-6-18(12)8-13-16-14(19-17-13)9-1-2-9/h3-7,9H,1-2,8H2. The van der Waals surface area contributed by atoms with Gasteiger partial charge in [-0.25, -0.2) is 4.39 Å². The average molecular weight is 257 g/mol. The van der Waals surface area contributed by atoms with Gasteiger partial charge in [0.15, 0.2) is 5.82 Å². The van der Waals surface area contributed by atoms with Crippen molar-refractivity contribution >= 4 is 10.9 Å². The van der Waals surface area contributed by atoms with E-state index in [1.54, 1.807) is 6.07 Å². The highest BCUT2D eigenvalue weighted by atomic mass is 19.1. The van der Waals surface area contributed by atoms with E-state index >= 15 is 0 Å². The fourth-order valence-corrected chi connectivity index (χ4v) is 2.29. The minimum Gasteiger partial charge on any atom is -0.340 e. The Morgan fingerprint density at radius 3 is 3.05 bits per heavy atom. The van der Waals surface area contributed by atoms with E-state index in [4.69, 9.17) is 4.52 Å². The van der Waals surface area contributed by atoms with Crippen LogP contribution in [0.1, 0.15) is 30.5 Å². The number of nitrogens with zero attached hydrogens (tertiary/aromatic N) is 3. The zero-order chi connectivity index (χ0) is 12.8. The van der Waals surface area contributed by atoms with E-state index in [1.165, 1.54) is 12.1 Å². The second-order valence-corrected chi connectivity index (χ2v) is 4.97. The van der Waals surface area contributed by atoms with Crippen molar-refractivity contribution in [3.05, 3.63) is 48.0 Å². The zero-order valence-electron chi connectivity index (χ0n) is 10.2. The second kappa shape index (κ2) is 3.91. The number of hydrogen-bond acceptors (Lipinski definition) is 3. The molecule has 0 saturated heterocycles. The lowest BCUT2D eigenvalue weighted by Crippen LogP contribution is -1.99. The largest absolute Gasteiger partial charge is 0.340 e. The van der Waals surface area contributed by atoms with Crippen molar-refractivity contribution in [1.29, 1.82) is 0 Å². The third-order valence-electron chi connectivity index (χ3n) is 3.46. The Hall–Kier alpha value is -2.17. The van der Waals surface area contributed by atoms with Gasteiger partial charge in [-0.2, -0.15) is 4.98 Å². The van der Waals surface area contributed by atoms with E-state index < -0.39 is 0 Å². The number of benzene rings is 1. The second-order valence-electron chi connectivity index (χ2n) is 4.97. The monoisotopic (exact) mass is 257 g/mol. The highest BCUT2D eigenvalue weighted by Gasteiger charge is 2.29. The van der Waals surface area contributed by atoms with Crippen LogP contribution in [0.25, 0.3) is 10.9 Å². The van der Waals surface area contributed by atoms with Crippen LogP contribution in [-0.4, -0.2) is 14.7 Å². The molecule has 0 aliphatic heterocycles. The van der Waals surface area contributed by atoms with Crippen LogP contribution in [0.4, 0.5) is 4.39 Å². The summed E-state index contributed by atoms with van der Waals surface area (Å²) in [4.78, 5) is 4.40. The number of halogens is 1. The van der Waals surface area contributed by atoms with Crippen molar-refractivity contribution in [2.75, 3.05) is 0 Å². The Labute approximate surface area is 108 Å². The molecule has 2 aromatic heterocycles. The van der Waals surface area contributed by atoms with Crippen molar-refractivity contribution < 1.29 is 8.91 Å². The highest BCUT2D eigenvalue weighted by molar-refractivity contribution is 5.80. The molecule has 5 heteroatoms. The van der Waals surface area contributed by atoms with Crippen molar-refractivity contribution in [3.63, 3.8) is 0 Å². The van der Waals surface area contributed by atoms with E-state index in [2.05, 4.69) is 10.1 Å². The first-order valence-corrected chi connectivity index (χ1v) is 6.36. The summed E-state index contributed by atoms with van der Waals surface area (Å²) < 4.78 is 20.4. The molecule has 1 aromatic carbocycles. The Kier molecular flexibility index (Phi) is 2.21. The van der Waals surface area contributed by atoms with Crippen LogP contribution in [-0.2, 0) is 6.54 Å². The molecule has 96 valence electrons. The molecule has 4 rings (SSSR count). The first-order chi connectivity index (χ1) is 9.29. The lowest BCUT2D eigenvalue weighted by molar-refractivity contribution is 0.373. The van der Waals surface area contributed by atoms with E-state index in [0.29, 0.717) is 18.3 Å². The van der Waals surface area contributed by atoms with Gasteiger partial charge in [-0.1, -0.05) is 5.16 Å². The molecule has 1 aliphatic carbocycles. The summed E-state index contributed by atoms with van der Waals surface area (Å²) in [6, 6.07) is 6.65. The molecule has 0 unspecified atom stereocenters. The SMILES string of the molecule is Fc1ccc2c(ccn2Cc2noc(C3CC3)n2)c1. The van der Waals surface area contributed by atoms with Gasteiger partial charge in [0.2, 0.25) is 5.89 Å². The van der Waals surface area contributed by atoms with Crippen LogP contribution in [0, 0.1) is 5.82 Å². The molecule has 0 bridgehead atoms. The van der Waals surface area contributed by atoms with Gasteiger partial charge in [-0.15, -0.1) is 0 Å². The molecule has 3 aromatic rings. The Morgan fingerprint density at radius 1 is 1.32 bits per heavy atom. The van der Waals surface area contributed by atoms with Gasteiger partial charge in [0, 0.05) is 23.0 Å². The van der Waals surface area contributed by atoms with E-state index in [-0.39, 0.29) is 5.82 Å². The Morgan fingerprint density at radius 2 is 2.21 bits per heavy atom. The quantitative estimate of drug-likeness (QED) is 0.724. The summed E-state index contributed by atoms with van der Waals surface area (Å²) in [6.45, 7) is 0.547. The summed E-state index contributed by atoms with van der Waals surface area (Å²) in [6.07, 6.45) is 4.21. The molecule has 1 fully saturated rings. The van der Waals surface area contributed by atoms with E-state index in [0.717, 1.165) is 29.6 Å². The molecule has 0 radical (unpaired) electrons. The summed E-state index contributed by atoms with van der Waals surface area (Å²) in [7, 11) is 0. The van der Waals surface area contributed by atoms with Crippen LogP contribution in [0.5, 0.6) is 0 Å². The van der Waals surface area contributed by atoms with Gasteiger partial charge < -0.3 is 9.09 Å². The molecule has 1 aliphatic rings. The number of fused-ring (bicyclic) bond motifs is 1. The molecule has 0 N–H and O–H groups in total.